The molecule has 1 atom stereocenters. The lowest BCUT2D eigenvalue weighted by Gasteiger charge is -2.14. The molecule has 0 aliphatic heterocycles. The first-order valence-corrected chi connectivity index (χ1v) is 14.2. The molecule has 0 aromatic rings. The second-order valence-corrected chi connectivity index (χ2v) is 9.58. The third-order valence-corrected chi connectivity index (χ3v) is 6.20. The summed E-state index contributed by atoms with van der Waals surface area (Å²) in [6.45, 7) is 4.41. The summed E-state index contributed by atoms with van der Waals surface area (Å²) in [7, 11) is 0. The molecule has 0 heterocycles. The molecule has 194 valence electrons. The summed E-state index contributed by atoms with van der Waals surface area (Å²) in [5.74, 6) is -0.799. The minimum Gasteiger partial charge on any atom is -0.481 e. The van der Waals surface area contributed by atoms with Crippen LogP contribution in [0.1, 0.15) is 155 Å². The van der Waals surface area contributed by atoms with Crippen molar-refractivity contribution >= 4 is 11.9 Å². The molecule has 0 spiro atoms. The van der Waals surface area contributed by atoms with Gasteiger partial charge in [-0.2, -0.15) is 0 Å². The molecule has 0 aliphatic carbocycles. The lowest BCUT2D eigenvalue weighted by molar-refractivity contribution is -0.147. The van der Waals surface area contributed by atoms with Gasteiger partial charge in [-0.25, -0.2) is 0 Å². The number of carboxylic acid groups (broad SMARTS) is 1. The fraction of sp³-hybridized carbons (Fsp3) is 0.862. The van der Waals surface area contributed by atoms with Gasteiger partial charge in [0.25, 0.3) is 0 Å². The summed E-state index contributed by atoms with van der Waals surface area (Å²) in [6, 6.07) is 0. The predicted molar refractivity (Wildman–Crippen MR) is 140 cm³/mol. The molecule has 4 heteroatoms. The summed E-state index contributed by atoms with van der Waals surface area (Å²) >= 11 is 0. The molecule has 0 bridgehead atoms. The van der Waals surface area contributed by atoms with E-state index in [1.54, 1.807) is 0 Å². The second kappa shape index (κ2) is 25.3. The highest BCUT2D eigenvalue weighted by Crippen LogP contribution is 2.15. The van der Waals surface area contributed by atoms with Crippen molar-refractivity contribution in [2.75, 3.05) is 0 Å². The Morgan fingerprint density at radius 1 is 0.667 bits per heavy atom. The minimum absolute atomic E-state index is 0.0740. The van der Waals surface area contributed by atoms with E-state index in [4.69, 9.17) is 9.84 Å². The van der Waals surface area contributed by atoms with Crippen LogP contribution in [0, 0.1) is 0 Å². The van der Waals surface area contributed by atoms with Gasteiger partial charge in [-0.1, -0.05) is 116 Å². The number of carbonyl (C=O) groups excluding carboxylic acids is 1. The second-order valence-electron chi connectivity index (χ2n) is 9.58. The normalized spacial score (nSPS) is 12.3. The van der Waals surface area contributed by atoms with E-state index in [0.29, 0.717) is 6.42 Å². The molecule has 1 unspecified atom stereocenters. The summed E-state index contributed by atoms with van der Waals surface area (Å²) < 4.78 is 5.73. The van der Waals surface area contributed by atoms with Crippen LogP contribution in [0.5, 0.6) is 0 Å². The number of carbonyl (C=O) groups is 2. The van der Waals surface area contributed by atoms with Gasteiger partial charge in [-0.3, -0.25) is 9.59 Å². The largest absolute Gasteiger partial charge is 0.481 e. The van der Waals surface area contributed by atoms with Crippen LogP contribution < -0.4 is 0 Å². The maximum Gasteiger partial charge on any atom is 0.306 e. The highest BCUT2D eigenvalue weighted by Gasteiger charge is 2.11. The van der Waals surface area contributed by atoms with Crippen LogP contribution in [0.25, 0.3) is 0 Å². The Morgan fingerprint density at radius 3 is 1.67 bits per heavy atom. The molecule has 0 fully saturated rings. The zero-order valence-corrected chi connectivity index (χ0v) is 22.0. The number of hydrogen-bond donors (Lipinski definition) is 1. The Labute approximate surface area is 204 Å². The van der Waals surface area contributed by atoms with Gasteiger partial charge in [-0.15, -0.1) is 0 Å². The van der Waals surface area contributed by atoms with Gasteiger partial charge < -0.3 is 9.84 Å². The van der Waals surface area contributed by atoms with Crippen LogP contribution in [0.15, 0.2) is 12.2 Å². The molecule has 0 saturated carbocycles. The van der Waals surface area contributed by atoms with Gasteiger partial charge in [-0.05, 0) is 38.2 Å². The number of ether oxygens (including phenoxy) is 1. The average Bonchev–Trinajstić information content (AvgIpc) is 2.79. The number of hydrogen-bond acceptors (Lipinski definition) is 3. The molecule has 0 aliphatic rings. The molecule has 0 amide bonds. The van der Waals surface area contributed by atoms with E-state index in [1.165, 1.54) is 70.6 Å². The van der Waals surface area contributed by atoms with Crippen molar-refractivity contribution in [3.8, 4) is 0 Å². The van der Waals surface area contributed by atoms with E-state index in [9.17, 15) is 9.59 Å². The van der Waals surface area contributed by atoms with Crippen molar-refractivity contribution in [2.45, 2.75) is 161 Å². The Bertz CT molecular complexity index is 472. The SMILES string of the molecule is CCC/C=C\C(CCCCCCC(=O)O)OC(=O)CCCCCCCCCCCCCCC. The molecule has 4 nitrogen and oxygen atoms in total. The Kier molecular flexibility index (Phi) is 24.3. The van der Waals surface area contributed by atoms with E-state index in [1.807, 2.05) is 6.08 Å². The van der Waals surface area contributed by atoms with Crippen LogP contribution in [0.2, 0.25) is 0 Å². The van der Waals surface area contributed by atoms with Crippen molar-refractivity contribution < 1.29 is 19.4 Å². The van der Waals surface area contributed by atoms with E-state index < -0.39 is 5.97 Å². The number of carboxylic acids is 1. The number of rotatable bonds is 25. The van der Waals surface area contributed by atoms with Crippen LogP contribution in [0.3, 0.4) is 0 Å². The zero-order valence-electron chi connectivity index (χ0n) is 22.0. The molecule has 0 aromatic carbocycles. The smallest absolute Gasteiger partial charge is 0.306 e. The fourth-order valence-corrected chi connectivity index (χ4v) is 4.10. The maximum atomic E-state index is 12.3. The van der Waals surface area contributed by atoms with Gasteiger partial charge in [0.1, 0.15) is 6.10 Å². The summed E-state index contributed by atoms with van der Waals surface area (Å²) in [4.78, 5) is 22.9. The first-order valence-electron chi connectivity index (χ1n) is 14.2. The van der Waals surface area contributed by atoms with Crippen LogP contribution in [-0.2, 0) is 14.3 Å². The van der Waals surface area contributed by atoms with E-state index in [2.05, 4.69) is 19.9 Å². The van der Waals surface area contributed by atoms with E-state index >= 15 is 0 Å². The first-order chi connectivity index (χ1) is 16.1. The maximum absolute atomic E-state index is 12.3. The van der Waals surface area contributed by atoms with Crippen LogP contribution in [-0.4, -0.2) is 23.1 Å². The van der Waals surface area contributed by atoms with Crippen molar-refractivity contribution in [3.05, 3.63) is 12.2 Å². The first kappa shape index (κ1) is 31.7. The van der Waals surface area contributed by atoms with Crippen LogP contribution >= 0.6 is 0 Å². The number of allylic oxidation sites excluding steroid dienone is 1. The highest BCUT2D eigenvalue weighted by atomic mass is 16.5. The number of aliphatic carboxylic acids is 1. The van der Waals surface area contributed by atoms with Gasteiger partial charge in [0.2, 0.25) is 0 Å². The molecule has 0 aromatic heterocycles. The van der Waals surface area contributed by atoms with E-state index in [-0.39, 0.29) is 18.5 Å². The molecule has 0 rings (SSSR count). The Hall–Kier alpha value is -1.32. The monoisotopic (exact) mass is 466 g/mol. The molecule has 0 saturated heterocycles. The molecule has 33 heavy (non-hydrogen) atoms. The van der Waals surface area contributed by atoms with Gasteiger partial charge >= 0.3 is 11.9 Å². The summed E-state index contributed by atoms with van der Waals surface area (Å²) in [6.07, 6.45) is 28.3. The lowest BCUT2D eigenvalue weighted by Crippen LogP contribution is -2.16. The highest BCUT2D eigenvalue weighted by molar-refractivity contribution is 5.69. The van der Waals surface area contributed by atoms with E-state index in [0.717, 1.165) is 57.8 Å². The van der Waals surface area contributed by atoms with Gasteiger partial charge in [0.15, 0.2) is 0 Å². The van der Waals surface area contributed by atoms with Crippen molar-refractivity contribution in [1.82, 2.24) is 0 Å². The average molecular weight is 467 g/mol. The molecular weight excluding hydrogens is 412 g/mol. The lowest BCUT2D eigenvalue weighted by atomic mass is 10.0. The Morgan fingerprint density at radius 2 is 1.15 bits per heavy atom. The van der Waals surface area contributed by atoms with Crippen molar-refractivity contribution in [3.63, 3.8) is 0 Å². The van der Waals surface area contributed by atoms with Crippen molar-refractivity contribution in [2.24, 2.45) is 0 Å². The van der Waals surface area contributed by atoms with Crippen molar-refractivity contribution in [1.29, 1.82) is 0 Å². The Balaban J connectivity index is 3.77. The van der Waals surface area contributed by atoms with Gasteiger partial charge in [0, 0.05) is 12.8 Å². The topological polar surface area (TPSA) is 63.6 Å². The summed E-state index contributed by atoms with van der Waals surface area (Å²) in [5, 5.41) is 8.70. The van der Waals surface area contributed by atoms with Crippen LogP contribution in [0.4, 0.5) is 0 Å². The minimum atomic E-state index is -0.725. The molecule has 1 N–H and O–H groups in total. The fourth-order valence-electron chi connectivity index (χ4n) is 4.10. The van der Waals surface area contributed by atoms with Gasteiger partial charge in [0.05, 0.1) is 0 Å². The zero-order chi connectivity index (χ0) is 24.4. The number of esters is 1. The third-order valence-electron chi connectivity index (χ3n) is 6.20. The molecule has 0 radical (unpaired) electrons. The third kappa shape index (κ3) is 25.1. The quantitative estimate of drug-likeness (QED) is 0.0827. The molecular formula is C29H54O4. The number of unbranched alkanes of at least 4 members (excludes halogenated alkanes) is 16. The standard InChI is InChI=1S/C29H54O4/c1-3-5-7-8-9-10-11-12-13-14-15-16-22-26-29(32)33-27(23-19-6-4-2)24-20-17-18-21-25-28(30)31/h19,23,27H,3-18,20-22,24-26H2,1-2H3,(H,30,31)/b23-19-. The predicted octanol–water partition coefficient (Wildman–Crippen LogP) is 9.16. The summed E-state index contributed by atoms with van der Waals surface area (Å²) in [5.41, 5.74) is 0.